The fourth-order valence-electron chi connectivity index (χ4n) is 2.74. The van der Waals surface area contributed by atoms with Crippen LogP contribution in [0.5, 0.6) is 0 Å². The summed E-state index contributed by atoms with van der Waals surface area (Å²) >= 11 is 0. The molecule has 1 saturated heterocycles. The molecule has 19 heavy (non-hydrogen) atoms. The standard InChI is InChI=1S/C15H16N2O2/c18-10-11-4-3-9-17(11)15(19)13-5-1-7-14-12(13)6-2-8-16-14/h1-2,5-8,11,18H,3-4,9-10H2. The van der Waals surface area contributed by atoms with E-state index in [1.54, 1.807) is 11.1 Å². The minimum absolute atomic E-state index is 0.00449. The number of carbonyl (C=O) groups is 1. The van der Waals surface area contributed by atoms with E-state index < -0.39 is 0 Å². The number of pyridine rings is 1. The molecule has 1 fully saturated rings. The van der Waals surface area contributed by atoms with E-state index in [1.807, 2.05) is 30.3 Å². The molecule has 2 aromatic rings. The van der Waals surface area contributed by atoms with Crippen molar-refractivity contribution >= 4 is 16.8 Å². The first-order chi connectivity index (χ1) is 9.31. The van der Waals surface area contributed by atoms with Gasteiger partial charge in [0.2, 0.25) is 0 Å². The molecule has 1 aromatic carbocycles. The molecule has 0 saturated carbocycles. The smallest absolute Gasteiger partial charge is 0.254 e. The van der Waals surface area contributed by atoms with Crippen LogP contribution in [0.15, 0.2) is 36.5 Å². The van der Waals surface area contributed by atoms with Crippen LogP contribution in [0.2, 0.25) is 0 Å². The van der Waals surface area contributed by atoms with Crippen LogP contribution in [0, 0.1) is 0 Å². The predicted octanol–water partition coefficient (Wildman–Crippen LogP) is 1.83. The van der Waals surface area contributed by atoms with E-state index in [9.17, 15) is 9.90 Å². The first-order valence-electron chi connectivity index (χ1n) is 6.57. The zero-order chi connectivity index (χ0) is 13.2. The molecule has 1 unspecified atom stereocenters. The molecule has 0 radical (unpaired) electrons. The molecule has 4 heteroatoms. The molecular formula is C15H16N2O2. The van der Waals surface area contributed by atoms with Crippen LogP contribution in [-0.4, -0.2) is 40.1 Å². The number of amides is 1. The molecule has 1 aliphatic heterocycles. The largest absolute Gasteiger partial charge is 0.394 e. The van der Waals surface area contributed by atoms with Crippen molar-refractivity contribution in [3.63, 3.8) is 0 Å². The summed E-state index contributed by atoms with van der Waals surface area (Å²) in [6.07, 6.45) is 3.56. The third kappa shape index (κ3) is 2.08. The highest BCUT2D eigenvalue weighted by molar-refractivity contribution is 6.06. The van der Waals surface area contributed by atoms with Crippen LogP contribution in [0.1, 0.15) is 23.2 Å². The molecule has 1 amide bonds. The highest BCUT2D eigenvalue weighted by Crippen LogP contribution is 2.23. The number of rotatable bonds is 2. The molecule has 3 rings (SSSR count). The molecular weight excluding hydrogens is 240 g/mol. The summed E-state index contributed by atoms with van der Waals surface area (Å²) in [7, 11) is 0. The molecule has 1 atom stereocenters. The van der Waals surface area contributed by atoms with Crippen molar-refractivity contribution in [2.75, 3.05) is 13.2 Å². The number of aromatic nitrogens is 1. The van der Waals surface area contributed by atoms with Gasteiger partial charge in [-0.05, 0) is 31.0 Å². The second-order valence-electron chi connectivity index (χ2n) is 4.85. The summed E-state index contributed by atoms with van der Waals surface area (Å²) in [4.78, 5) is 18.7. The van der Waals surface area contributed by atoms with E-state index in [0.29, 0.717) is 5.56 Å². The van der Waals surface area contributed by atoms with Crippen LogP contribution >= 0.6 is 0 Å². The average molecular weight is 256 g/mol. The number of nitrogens with zero attached hydrogens (tertiary/aromatic N) is 2. The fourth-order valence-corrected chi connectivity index (χ4v) is 2.74. The third-order valence-electron chi connectivity index (χ3n) is 3.72. The Kier molecular flexibility index (Phi) is 3.17. The third-order valence-corrected chi connectivity index (χ3v) is 3.72. The lowest BCUT2D eigenvalue weighted by Gasteiger charge is -2.23. The minimum atomic E-state index is -0.0422. The van der Waals surface area contributed by atoms with Crippen LogP contribution in [0.3, 0.4) is 0 Å². The van der Waals surface area contributed by atoms with Gasteiger partial charge in [-0.15, -0.1) is 0 Å². The van der Waals surface area contributed by atoms with Gasteiger partial charge in [0.15, 0.2) is 0 Å². The van der Waals surface area contributed by atoms with Gasteiger partial charge in [0.05, 0.1) is 18.2 Å². The van der Waals surface area contributed by atoms with Crippen molar-refractivity contribution in [2.45, 2.75) is 18.9 Å². The van der Waals surface area contributed by atoms with E-state index >= 15 is 0 Å². The molecule has 0 bridgehead atoms. The lowest BCUT2D eigenvalue weighted by molar-refractivity contribution is 0.0679. The summed E-state index contributed by atoms with van der Waals surface area (Å²) in [5.74, 6) is -0.00449. The van der Waals surface area contributed by atoms with Crippen LogP contribution < -0.4 is 0 Å². The Morgan fingerprint density at radius 3 is 3.11 bits per heavy atom. The average Bonchev–Trinajstić information content (AvgIpc) is 2.94. The normalized spacial score (nSPS) is 19.0. The number of benzene rings is 1. The number of carbonyl (C=O) groups excluding carboxylic acids is 1. The van der Waals surface area contributed by atoms with E-state index in [0.717, 1.165) is 30.3 Å². The summed E-state index contributed by atoms with van der Waals surface area (Å²) < 4.78 is 0. The fraction of sp³-hybridized carbons (Fsp3) is 0.333. The Balaban J connectivity index is 2.02. The number of hydrogen-bond donors (Lipinski definition) is 1. The Bertz CT molecular complexity index is 607. The van der Waals surface area contributed by atoms with Gasteiger partial charge in [0.25, 0.3) is 5.91 Å². The molecule has 1 aromatic heterocycles. The summed E-state index contributed by atoms with van der Waals surface area (Å²) in [6.45, 7) is 0.759. The van der Waals surface area contributed by atoms with Gasteiger partial charge in [-0.3, -0.25) is 9.78 Å². The first-order valence-corrected chi connectivity index (χ1v) is 6.57. The van der Waals surface area contributed by atoms with Gasteiger partial charge in [0, 0.05) is 23.7 Å². The van der Waals surface area contributed by atoms with Crippen LogP contribution in [0.4, 0.5) is 0 Å². The number of hydrogen-bond acceptors (Lipinski definition) is 3. The summed E-state index contributed by atoms with van der Waals surface area (Å²) in [5, 5.41) is 10.2. The lowest BCUT2D eigenvalue weighted by Crippen LogP contribution is -2.37. The number of fused-ring (bicyclic) bond motifs is 1. The van der Waals surface area contributed by atoms with Crippen molar-refractivity contribution in [3.05, 3.63) is 42.1 Å². The molecule has 0 spiro atoms. The molecule has 2 heterocycles. The predicted molar refractivity (Wildman–Crippen MR) is 72.9 cm³/mol. The second-order valence-corrected chi connectivity index (χ2v) is 4.85. The van der Waals surface area contributed by atoms with Crippen LogP contribution in [-0.2, 0) is 0 Å². The van der Waals surface area contributed by atoms with E-state index in [4.69, 9.17) is 0 Å². The molecule has 1 N–H and O–H groups in total. The minimum Gasteiger partial charge on any atom is -0.394 e. The van der Waals surface area contributed by atoms with Crippen molar-refractivity contribution < 1.29 is 9.90 Å². The highest BCUT2D eigenvalue weighted by Gasteiger charge is 2.29. The quantitative estimate of drug-likeness (QED) is 0.892. The van der Waals surface area contributed by atoms with Gasteiger partial charge in [-0.2, -0.15) is 0 Å². The molecule has 0 aliphatic carbocycles. The monoisotopic (exact) mass is 256 g/mol. The van der Waals surface area contributed by atoms with E-state index in [2.05, 4.69) is 4.98 Å². The highest BCUT2D eigenvalue weighted by atomic mass is 16.3. The first kappa shape index (κ1) is 12.1. The zero-order valence-electron chi connectivity index (χ0n) is 10.6. The number of aliphatic hydroxyl groups is 1. The maximum Gasteiger partial charge on any atom is 0.254 e. The summed E-state index contributed by atoms with van der Waals surface area (Å²) in [5.41, 5.74) is 1.50. The second kappa shape index (κ2) is 4.97. The van der Waals surface area contributed by atoms with Gasteiger partial charge >= 0.3 is 0 Å². The number of likely N-dealkylation sites (tertiary alicyclic amines) is 1. The van der Waals surface area contributed by atoms with Crippen molar-refractivity contribution in [1.82, 2.24) is 9.88 Å². The maximum atomic E-state index is 12.6. The van der Waals surface area contributed by atoms with Crippen molar-refractivity contribution in [3.8, 4) is 0 Å². The Morgan fingerprint density at radius 1 is 1.37 bits per heavy atom. The summed E-state index contributed by atoms with van der Waals surface area (Å²) in [6, 6.07) is 9.30. The van der Waals surface area contributed by atoms with Gasteiger partial charge in [-0.1, -0.05) is 12.1 Å². The van der Waals surface area contributed by atoms with Crippen molar-refractivity contribution in [1.29, 1.82) is 0 Å². The van der Waals surface area contributed by atoms with Gasteiger partial charge < -0.3 is 10.0 Å². The SMILES string of the molecule is O=C(c1cccc2ncccc12)N1CCCC1CO. The number of aliphatic hydroxyl groups excluding tert-OH is 1. The van der Waals surface area contributed by atoms with E-state index in [1.165, 1.54) is 0 Å². The zero-order valence-corrected chi connectivity index (χ0v) is 10.6. The molecule has 4 nitrogen and oxygen atoms in total. The van der Waals surface area contributed by atoms with Gasteiger partial charge in [-0.25, -0.2) is 0 Å². The molecule has 98 valence electrons. The topological polar surface area (TPSA) is 53.4 Å². The Morgan fingerprint density at radius 2 is 2.26 bits per heavy atom. The lowest BCUT2D eigenvalue weighted by atomic mass is 10.1. The Labute approximate surface area is 111 Å². The van der Waals surface area contributed by atoms with E-state index in [-0.39, 0.29) is 18.6 Å². The molecule has 1 aliphatic rings. The maximum absolute atomic E-state index is 12.6. The van der Waals surface area contributed by atoms with Crippen molar-refractivity contribution in [2.24, 2.45) is 0 Å². The van der Waals surface area contributed by atoms with Gasteiger partial charge in [0.1, 0.15) is 0 Å². The van der Waals surface area contributed by atoms with Crippen LogP contribution in [0.25, 0.3) is 10.9 Å². The Hall–Kier alpha value is -1.94.